The summed E-state index contributed by atoms with van der Waals surface area (Å²) in [6.07, 6.45) is 1.03. The number of aryl methyl sites for hydroxylation is 2. The average Bonchev–Trinajstić information content (AvgIpc) is 3.24. The van der Waals surface area contributed by atoms with Crippen LogP contribution in [0.15, 0.2) is 66.7 Å². The summed E-state index contributed by atoms with van der Waals surface area (Å²) in [6.45, 7) is 5.70. The molecule has 4 rings (SSSR count). The molecular formula is C26H26N2O3. The smallest absolute Gasteiger partial charge is 0.337 e. The van der Waals surface area contributed by atoms with Gasteiger partial charge in [0.1, 0.15) is 0 Å². The van der Waals surface area contributed by atoms with Crippen LogP contribution in [0.1, 0.15) is 49.7 Å². The summed E-state index contributed by atoms with van der Waals surface area (Å²) in [7, 11) is 0. The number of hydrogen-bond donors (Lipinski definition) is 2. The first-order valence-corrected chi connectivity index (χ1v) is 10.5. The Hall–Kier alpha value is -3.60. The third-order valence-corrected chi connectivity index (χ3v) is 6.05. The van der Waals surface area contributed by atoms with E-state index in [4.69, 9.17) is 0 Å². The second-order valence-electron chi connectivity index (χ2n) is 8.09. The summed E-state index contributed by atoms with van der Waals surface area (Å²) >= 11 is 0. The predicted octanol–water partition coefficient (Wildman–Crippen LogP) is 5.25. The van der Waals surface area contributed by atoms with Gasteiger partial charge in [-0.15, -0.1) is 0 Å². The number of carboxylic acids is 1. The number of aromatic carboxylic acids is 1. The van der Waals surface area contributed by atoms with Crippen molar-refractivity contribution in [2.75, 3.05) is 23.3 Å². The first-order chi connectivity index (χ1) is 14.9. The Labute approximate surface area is 182 Å². The molecule has 3 aromatic carbocycles. The number of carbonyl (C=O) groups is 2. The van der Waals surface area contributed by atoms with Crippen molar-refractivity contribution in [3.63, 3.8) is 0 Å². The Bertz CT molecular complexity index is 1140. The van der Waals surface area contributed by atoms with Crippen LogP contribution in [0.4, 0.5) is 11.4 Å². The quantitative estimate of drug-likeness (QED) is 0.598. The standard InChI is InChI=1S/C26H26N2O3/c1-17-7-3-5-9-21(17)19-13-14-28(16-19)20-11-12-24(23(15-20)26(30)31)27-25(29)22-10-6-4-8-18(22)2/h3-12,15,19H,13-14,16H2,1-2H3,(H,27,29)(H,30,31). The van der Waals surface area contributed by atoms with Crippen LogP contribution in [0.3, 0.4) is 0 Å². The van der Waals surface area contributed by atoms with E-state index in [0.29, 0.717) is 17.2 Å². The van der Waals surface area contributed by atoms with Gasteiger partial charge in [-0.3, -0.25) is 4.79 Å². The number of nitrogens with one attached hydrogen (secondary N) is 1. The van der Waals surface area contributed by atoms with Gasteiger partial charge in [0, 0.05) is 30.3 Å². The number of carbonyl (C=O) groups excluding carboxylic acids is 1. The van der Waals surface area contributed by atoms with Crippen molar-refractivity contribution in [2.45, 2.75) is 26.2 Å². The zero-order valence-electron chi connectivity index (χ0n) is 17.8. The van der Waals surface area contributed by atoms with Crippen molar-refractivity contribution in [1.82, 2.24) is 0 Å². The molecule has 2 N–H and O–H groups in total. The Morgan fingerprint density at radius 2 is 1.65 bits per heavy atom. The van der Waals surface area contributed by atoms with Crippen molar-refractivity contribution in [2.24, 2.45) is 0 Å². The fourth-order valence-electron chi connectivity index (χ4n) is 4.33. The monoisotopic (exact) mass is 414 g/mol. The van der Waals surface area contributed by atoms with Gasteiger partial charge in [-0.05, 0) is 61.2 Å². The highest BCUT2D eigenvalue weighted by Gasteiger charge is 2.26. The van der Waals surface area contributed by atoms with Crippen molar-refractivity contribution < 1.29 is 14.7 Å². The Morgan fingerprint density at radius 1 is 0.935 bits per heavy atom. The SMILES string of the molecule is Cc1ccccc1C(=O)Nc1ccc(N2CCC(c3ccccc3C)C2)cc1C(=O)O. The number of amides is 1. The molecule has 1 saturated heterocycles. The van der Waals surface area contributed by atoms with Crippen LogP contribution in [-0.4, -0.2) is 30.1 Å². The molecule has 0 saturated carbocycles. The molecule has 1 aliphatic rings. The van der Waals surface area contributed by atoms with Crippen LogP contribution in [0.25, 0.3) is 0 Å². The lowest BCUT2D eigenvalue weighted by Crippen LogP contribution is -2.21. The first kappa shape index (κ1) is 20.7. The number of rotatable bonds is 5. The highest BCUT2D eigenvalue weighted by atomic mass is 16.4. The summed E-state index contributed by atoms with van der Waals surface area (Å²) in [5.41, 5.74) is 5.28. The maximum atomic E-state index is 12.7. The van der Waals surface area contributed by atoms with Gasteiger partial charge in [0.2, 0.25) is 0 Å². The third-order valence-electron chi connectivity index (χ3n) is 6.05. The minimum Gasteiger partial charge on any atom is -0.478 e. The third kappa shape index (κ3) is 4.31. The average molecular weight is 415 g/mol. The highest BCUT2D eigenvalue weighted by Crippen LogP contribution is 2.34. The lowest BCUT2D eigenvalue weighted by Gasteiger charge is -2.21. The van der Waals surface area contributed by atoms with Gasteiger partial charge in [0.25, 0.3) is 5.91 Å². The second kappa shape index (κ2) is 8.64. The van der Waals surface area contributed by atoms with Crippen LogP contribution in [0, 0.1) is 13.8 Å². The first-order valence-electron chi connectivity index (χ1n) is 10.5. The lowest BCUT2D eigenvalue weighted by molar-refractivity contribution is 0.0698. The molecule has 0 bridgehead atoms. The molecule has 1 amide bonds. The molecule has 3 aromatic rings. The van der Waals surface area contributed by atoms with E-state index >= 15 is 0 Å². The van der Waals surface area contributed by atoms with Crippen LogP contribution < -0.4 is 10.2 Å². The molecule has 0 aromatic heterocycles. The van der Waals surface area contributed by atoms with Gasteiger partial charge in [0.15, 0.2) is 0 Å². The van der Waals surface area contributed by atoms with Crippen molar-refractivity contribution >= 4 is 23.3 Å². The molecule has 5 nitrogen and oxygen atoms in total. The van der Waals surface area contributed by atoms with Crippen LogP contribution in [0.2, 0.25) is 0 Å². The number of anilines is 2. The minimum atomic E-state index is -1.06. The normalized spacial score (nSPS) is 15.7. The topological polar surface area (TPSA) is 69.6 Å². The van der Waals surface area contributed by atoms with Gasteiger partial charge in [-0.25, -0.2) is 4.79 Å². The maximum Gasteiger partial charge on any atom is 0.337 e. The van der Waals surface area contributed by atoms with E-state index in [1.165, 1.54) is 11.1 Å². The Balaban J connectivity index is 1.55. The maximum absolute atomic E-state index is 12.7. The van der Waals surface area contributed by atoms with Crippen molar-refractivity contribution in [3.8, 4) is 0 Å². The van der Waals surface area contributed by atoms with Gasteiger partial charge in [-0.2, -0.15) is 0 Å². The zero-order valence-corrected chi connectivity index (χ0v) is 17.8. The van der Waals surface area contributed by atoms with Crippen molar-refractivity contribution in [1.29, 1.82) is 0 Å². The van der Waals surface area contributed by atoms with E-state index < -0.39 is 5.97 Å². The van der Waals surface area contributed by atoms with E-state index in [1.54, 1.807) is 24.3 Å². The minimum absolute atomic E-state index is 0.0961. The molecule has 0 radical (unpaired) electrons. The number of carboxylic acid groups (broad SMARTS) is 1. The van der Waals surface area contributed by atoms with E-state index in [9.17, 15) is 14.7 Å². The van der Waals surface area contributed by atoms with Gasteiger partial charge >= 0.3 is 5.97 Å². The number of benzene rings is 3. The molecule has 1 aliphatic heterocycles. The summed E-state index contributed by atoms with van der Waals surface area (Å²) in [6, 6.07) is 20.9. The lowest BCUT2D eigenvalue weighted by atomic mass is 9.94. The molecule has 1 heterocycles. The fraction of sp³-hybridized carbons (Fsp3) is 0.231. The predicted molar refractivity (Wildman–Crippen MR) is 123 cm³/mol. The zero-order chi connectivity index (χ0) is 22.0. The molecular weight excluding hydrogens is 388 g/mol. The molecule has 5 heteroatoms. The molecule has 1 fully saturated rings. The Morgan fingerprint density at radius 3 is 2.35 bits per heavy atom. The molecule has 158 valence electrons. The fourth-order valence-corrected chi connectivity index (χ4v) is 4.33. The van der Waals surface area contributed by atoms with E-state index in [0.717, 1.165) is 30.8 Å². The summed E-state index contributed by atoms with van der Waals surface area (Å²) in [5.74, 6) is -0.944. The summed E-state index contributed by atoms with van der Waals surface area (Å²) in [5, 5.41) is 12.5. The largest absolute Gasteiger partial charge is 0.478 e. The van der Waals surface area contributed by atoms with E-state index in [1.807, 2.05) is 25.1 Å². The molecule has 1 atom stereocenters. The molecule has 0 aliphatic carbocycles. The van der Waals surface area contributed by atoms with Gasteiger partial charge < -0.3 is 15.3 Å². The van der Waals surface area contributed by atoms with E-state index in [2.05, 4.69) is 41.4 Å². The number of hydrogen-bond acceptors (Lipinski definition) is 3. The second-order valence-corrected chi connectivity index (χ2v) is 8.09. The van der Waals surface area contributed by atoms with Crippen LogP contribution in [-0.2, 0) is 0 Å². The summed E-state index contributed by atoms with van der Waals surface area (Å²) < 4.78 is 0. The Kier molecular flexibility index (Phi) is 5.76. The van der Waals surface area contributed by atoms with Crippen molar-refractivity contribution in [3.05, 3.63) is 94.5 Å². The molecule has 1 unspecified atom stereocenters. The van der Waals surface area contributed by atoms with E-state index in [-0.39, 0.29) is 11.5 Å². The number of nitrogens with zero attached hydrogens (tertiary/aromatic N) is 1. The van der Waals surface area contributed by atoms with Crippen LogP contribution in [0.5, 0.6) is 0 Å². The van der Waals surface area contributed by atoms with Gasteiger partial charge in [0.05, 0.1) is 11.3 Å². The highest BCUT2D eigenvalue weighted by molar-refractivity contribution is 6.08. The van der Waals surface area contributed by atoms with Crippen LogP contribution >= 0.6 is 0 Å². The molecule has 31 heavy (non-hydrogen) atoms. The summed E-state index contributed by atoms with van der Waals surface area (Å²) in [4.78, 5) is 26.8. The van der Waals surface area contributed by atoms with Gasteiger partial charge in [-0.1, -0.05) is 42.5 Å². The molecule has 0 spiro atoms.